The maximum atomic E-state index is 6.02. The Kier molecular flexibility index (Phi) is 4.09. The number of nitrogens with zero attached hydrogens (tertiary/aromatic N) is 3. The van der Waals surface area contributed by atoms with Crippen molar-refractivity contribution in [1.29, 1.82) is 0 Å². The number of hydrogen-bond acceptors (Lipinski definition) is 7. The van der Waals surface area contributed by atoms with Crippen molar-refractivity contribution in [2.75, 3.05) is 27.1 Å². The van der Waals surface area contributed by atoms with E-state index in [9.17, 15) is 0 Å². The standard InChI is InChI=1S/C12H13ClN4O3/c1-18-7-4-6(14)8(10(20-3)9(7)19-2)11-15-5-16-12(13)17-11/h4-5H,14H2,1-3H3. The molecule has 2 rings (SSSR count). The number of anilines is 1. The van der Waals surface area contributed by atoms with Gasteiger partial charge in [-0.3, -0.25) is 0 Å². The highest BCUT2D eigenvalue weighted by atomic mass is 35.5. The van der Waals surface area contributed by atoms with Crippen LogP contribution in [0, 0.1) is 0 Å². The van der Waals surface area contributed by atoms with Gasteiger partial charge in [0.05, 0.1) is 32.6 Å². The minimum absolute atomic E-state index is 0.0613. The van der Waals surface area contributed by atoms with Crippen LogP contribution in [0.4, 0.5) is 5.69 Å². The summed E-state index contributed by atoms with van der Waals surface area (Å²) in [5, 5.41) is 0.0613. The van der Waals surface area contributed by atoms with E-state index < -0.39 is 0 Å². The van der Waals surface area contributed by atoms with Crippen LogP contribution in [-0.2, 0) is 0 Å². The molecule has 0 amide bonds. The normalized spacial score (nSPS) is 10.2. The van der Waals surface area contributed by atoms with Crippen LogP contribution >= 0.6 is 11.6 Å². The van der Waals surface area contributed by atoms with Crippen LogP contribution in [0.25, 0.3) is 11.4 Å². The van der Waals surface area contributed by atoms with Crippen molar-refractivity contribution < 1.29 is 14.2 Å². The number of hydrogen-bond donors (Lipinski definition) is 1. The first-order valence-corrected chi connectivity index (χ1v) is 5.93. The molecule has 0 spiro atoms. The van der Waals surface area contributed by atoms with Crippen LogP contribution in [-0.4, -0.2) is 36.3 Å². The lowest BCUT2D eigenvalue weighted by Gasteiger charge is -2.17. The summed E-state index contributed by atoms with van der Waals surface area (Å²) in [6.07, 6.45) is 1.29. The minimum Gasteiger partial charge on any atom is -0.493 e. The molecule has 1 heterocycles. The van der Waals surface area contributed by atoms with Gasteiger partial charge in [-0.2, -0.15) is 4.98 Å². The Morgan fingerprint density at radius 3 is 2.30 bits per heavy atom. The van der Waals surface area contributed by atoms with Gasteiger partial charge in [-0.05, 0) is 11.6 Å². The highest BCUT2D eigenvalue weighted by Crippen LogP contribution is 2.46. The van der Waals surface area contributed by atoms with Gasteiger partial charge in [0.25, 0.3) is 0 Å². The number of nitrogens with two attached hydrogens (primary N) is 1. The maximum absolute atomic E-state index is 6.02. The zero-order valence-electron chi connectivity index (χ0n) is 11.2. The van der Waals surface area contributed by atoms with Crippen molar-refractivity contribution in [1.82, 2.24) is 15.0 Å². The molecule has 2 N–H and O–H groups in total. The van der Waals surface area contributed by atoms with Crippen molar-refractivity contribution in [3.8, 4) is 28.6 Å². The number of methoxy groups -OCH3 is 3. The predicted molar refractivity (Wildman–Crippen MR) is 74.3 cm³/mol. The van der Waals surface area contributed by atoms with Gasteiger partial charge in [-0.25, -0.2) is 9.97 Å². The van der Waals surface area contributed by atoms with Crippen LogP contribution in [0.15, 0.2) is 12.4 Å². The van der Waals surface area contributed by atoms with Gasteiger partial charge in [0, 0.05) is 6.07 Å². The number of halogens is 1. The van der Waals surface area contributed by atoms with Crippen LogP contribution in [0.5, 0.6) is 17.2 Å². The Morgan fingerprint density at radius 2 is 1.75 bits per heavy atom. The molecule has 8 heteroatoms. The molecule has 0 saturated heterocycles. The third kappa shape index (κ3) is 2.39. The van der Waals surface area contributed by atoms with Crippen LogP contribution in [0.1, 0.15) is 0 Å². The zero-order valence-corrected chi connectivity index (χ0v) is 11.9. The Morgan fingerprint density at radius 1 is 1.05 bits per heavy atom. The quantitative estimate of drug-likeness (QED) is 0.860. The van der Waals surface area contributed by atoms with Crippen LogP contribution < -0.4 is 19.9 Å². The fourth-order valence-electron chi connectivity index (χ4n) is 1.80. The number of nitrogen functional groups attached to an aromatic ring is 1. The molecule has 0 bridgehead atoms. The van der Waals surface area contributed by atoms with Crippen LogP contribution in [0.2, 0.25) is 5.28 Å². The fourth-order valence-corrected chi connectivity index (χ4v) is 1.93. The van der Waals surface area contributed by atoms with Crippen LogP contribution in [0.3, 0.4) is 0 Å². The summed E-state index contributed by atoms with van der Waals surface area (Å²) in [4.78, 5) is 11.8. The maximum Gasteiger partial charge on any atom is 0.225 e. The summed E-state index contributed by atoms with van der Waals surface area (Å²) in [6, 6.07) is 1.61. The molecule has 7 nitrogen and oxygen atoms in total. The van der Waals surface area contributed by atoms with E-state index in [1.54, 1.807) is 6.07 Å². The highest BCUT2D eigenvalue weighted by molar-refractivity contribution is 6.28. The van der Waals surface area contributed by atoms with Gasteiger partial charge in [0.1, 0.15) is 6.33 Å². The summed E-state index contributed by atoms with van der Waals surface area (Å²) in [6.45, 7) is 0. The Balaban J connectivity index is 2.75. The summed E-state index contributed by atoms with van der Waals surface area (Å²) in [5.74, 6) is 1.51. The van der Waals surface area contributed by atoms with E-state index in [1.165, 1.54) is 27.7 Å². The summed E-state index contributed by atoms with van der Waals surface area (Å²) >= 11 is 5.78. The first-order chi connectivity index (χ1) is 9.62. The second-order valence-electron chi connectivity index (χ2n) is 3.69. The second kappa shape index (κ2) is 5.79. The molecule has 0 fully saturated rings. The molecule has 106 valence electrons. The molecule has 0 saturated carbocycles. The summed E-state index contributed by atoms with van der Waals surface area (Å²) in [7, 11) is 4.50. The van der Waals surface area contributed by atoms with E-state index in [4.69, 9.17) is 31.5 Å². The van der Waals surface area contributed by atoms with E-state index >= 15 is 0 Å². The molecule has 0 aliphatic rings. The van der Waals surface area contributed by atoms with Crippen molar-refractivity contribution >= 4 is 17.3 Å². The van der Waals surface area contributed by atoms with Gasteiger partial charge in [0.15, 0.2) is 17.3 Å². The van der Waals surface area contributed by atoms with E-state index in [0.29, 0.717) is 34.3 Å². The van der Waals surface area contributed by atoms with Crippen molar-refractivity contribution in [2.24, 2.45) is 0 Å². The average Bonchev–Trinajstić information content (AvgIpc) is 2.45. The predicted octanol–water partition coefficient (Wildman–Crippen LogP) is 1.80. The number of ether oxygens (including phenoxy) is 3. The van der Waals surface area contributed by atoms with Crippen molar-refractivity contribution in [3.63, 3.8) is 0 Å². The van der Waals surface area contributed by atoms with Gasteiger partial charge < -0.3 is 19.9 Å². The molecular weight excluding hydrogens is 284 g/mol. The number of rotatable bonds is 4. The number of benzene rings is 1. The monoisotopic (exact) mass is 296 g/mol. The second-order valence-corrected chi connectivity index (χ2v) is 4.03. The molecule has 1 aromatic carbocycles. The largest absolute Gasteiger partial charge is 0.493 e. The first kappa shape index (κ1) is 14.1. The lowest BCUT2D eigenvalue weighted by molar-refractivity contribution is 0.325. The lowest BCUT2D eigenvalue weighted by Crippen LogP contribution is -2.03. The summed E-state index contributed by atoms with van der Waals surface area (Å²) < 4.78 is 15.9. The zero-order chi connectivity index (χ0) is 14.7. The molecular formula is C12H13ClN4O3. The fraction of sp³-hybridized carbons (Fsp3) is 0.250. The smallest absolute Gasteiger partial charge is 0.225 e. The van der Waals surface area contributed by atoms with E-state index in [-0.39, 0.29) is 5.28 Å². The van der Waals surface area contributed by atoms with Gasteiger partial charge in [-0.1, -0.05) is 0 Å². The third-order valence-electron chi connectivity index (χ3n) is 2.63. The molecule has 2 aromatic rings. The molecule has 0 aliphatic carbocycles. The first-order valence-electron chi connectivity index (χ1n) is 5.55. The Bertz CT molecular complexity index is 636. The van der Waals surface area contributed by atoms with Crippen molar-refractivity contribution in [3.05, 3.63) is 17.7 Å². The summed E-state index contributed by atoms with van der Waals surface area (Å²) in [5.41, 5.74) is 6.86. The number of aromatic nitrogens is 3. The van der Waals surface area contributed by atoms with E-state index in [1.807, 2.05) is 0 Å². The average molecular weight is 297 g/mol. The molecule has 0 atom stereocenters. The van der Waals surface area contributed by atoms with Gasteiger partial charge >= 0.3 is 0 Å². The SMILES string of the molecule is COc1cc(N)c(-c2ncnc(Cl)n2)c(OC)c1OC. The molecule has 1 aromatic heterocycles. The molecule has 0 unspecified atom stereocenters. The molecule has 0 aliphatic heterocycles. The van der Waals surface area contributed by atoms with E-state index in [0.717, 1.165) is 0 Å². The molecule has 20 heavy (non-hydrogen) atoms. The minimum atomic E-state index is 0.0613. The molecule has 0 radical (unpaired) electrons. The third-order valence-corrected chi connectivity index (χ3v) is 2.81. The lowest BCUT2D eigenvalue weighted by atomic mass is 10.1. The van der Waals surface area contributed by atoms with Gasteiger partial charge in [0.2, 0.25) is 11.0 Å². The van der Waals surface area contributed by atoms with Crippen molar-refractivity contribution in [2.45, 2.75) is 0 Å². The Hall–Kier alpha value is -2.28. The topological polar surface area (TPSA) is 92.4 Å². The Labute approximate surface area is 120 Å². The highest BCUT2D eigenvalue weighted by Gasteiger charge is 2.22. The van der Waals surface area contributed by atoms with E-state index in [2.05, 4.69) is 15.0 Å². The van der Waals surface area contributed by atoms with Gasteiger partial charge in [-0.15, -0.1) is 0 Å².